The Labute approximate surface area is 384 Å². The van der Waals surface area contributed by atoms with E-state index in [4.69, 9.17) is 0 Å². The molecule has 0 saturated heterocycles. The second-order valence-corrected chi connectivity index (χ2v) is 24.7. The maximum atomic E-state index is 11.8. The fourth-order valence-corrected chi connectivity index (χ4v) is 20.5. The van der Waals surface area contributed by atoms with Crippen molar-refractivity contribution >= 4 is 28.9 Å². The van der Waals surface area contributed by atoms with Crippen LogP contribution in [-0.4, -0.2) is 28.9 Å². The van der Waals surface area contributed by atoms with Crippen LogP contribution in [0.5, 0.6) is 0 Å². The molecule has 0 radical (unpaired) electrons. The lowest BCUT2D eigenvalue weighted by Crippen LogP contribution is -2.36. The van der Waals surface area contributed by atoms with Gasteiger partial charge in [-0.05, 0) is 203 Å². The molecule has 0 aromatic carbocycles. The minimum Gasteiger partial charge on any atom is -0.299 e. The summed E-state index contributed by atoms with van der Waals surface area (Å²) in [6, 6.07) is 0. The summed E-state index contributed by atoms with van der Waals surface area (Å²) in [6.45, 7) is 0. The molecule has 5 heteroatoms. The molecule has 354 valence electrons. The van der Waals surface area contributed by atoms with Gasteiger partial charge in [0, 0.05) is 61.7 Å². The molecule has 22 unspecified atom stereocenters. The summed E-state index contributed by atoms with van der Waals surface area (Å²) in [5.74, 6) is 21.0. The van der Waals surface area contributed by atoms with Crippen LogP contribution in [0.1, 0.15) is 203 Å². The van der Waals surface area contributed by atoms with E-state index in [2.05, 4.69) is 0 Å². The van der Waals surface area contributed by atoms with Gasteiger partial charge in [0.05, 0.1) is 0 Å². The van der Waals surface area contributed by atoms with Gasteiger partial charge in [-0.2, -0.15) is 0 Å². The number of carbonyl (C=O) groups is 5. The minimum absolute atomic E-state index is 0. The van der Waals surface area contributed by atoms with Gasteiger partial charge in [-0.3, -0.25) is 24.0 Å². The molecular formula is C58H92O5. The SMILES string of the molecule is C.C.C.C.O=C1CC2CC1C1C3CCC(C3)C21.O=C1CC2CC1C1CC3CCCC3CC21.O=C1CC2CC1C1CCCC21.O=C1CC2CC1C1CCCCC21.O=C1CC2CCC1C2. The summed E-state index contributed by atoms with van der Waals surface area (Å²) in [5.41, 5.74) is 0. The Morgan fingerprint density at radius 2 is 0.730 bits per heavy atom. The molecule has 5 nitrogen and oxygen atoms in total. The number of fused-ring (bicyclic) bond motifs is 27. The van der Waals surface area contributed by atoms with Crippen LogP contribution in [0.3, 0.4) is 0 Å². The van der Waals surface area contributed by atoms with Gasteiger partial charge in [-0.1, -0.05) is 68.2 Å². The summed E-state index contributed by atoms with van der Waals surface area (Å²) in [5, 5.41) is 0. The van der Waals surface area contributed by atoms with E-state index >= 15 is 0 Å². The topological polar surface area (TPSA) is 85.3 Å². The number of hydrogen-bond acceptors (Lipinski definition) is 5. The van der Waals surface area contributed by atoms with Gasteiger partial charge >= 0.3 is 0 Å². The molecule has 0 aromatic rings. The maximum absolute atomic E-state index is 11.8. The molecule has 16 saturated carbocycles. The van der Waals surface area contributed by atoms with Crippen molar-refractivity contribution in [3.05, 3.63) is 0 Å². The van der Waals surface area contributed by atoms with Crippen LogP contribution in [-0.2, 0) is 24.0 Å². The van der Waals surface area contributed by atoms with Crippen LogP contribution in [0.4, 0.5) is 0 Å². The fraction of sp³-hybridized carbons (Fsp3) is 0.914. The van der Waals surface area contributed by atoms with Crippen molar-refractivity contribution in [2.45, 2.75) is 203 Å². The van der Waals surface area contributed by atoms with E-state index < -0.39 is 0 Å². The van der Waals surface area contributed by atoms with E-state index in [0.29, 0.717) is 58.5 Å². The lowest BCUT2D eigenvalue weighted by Gasteiger charge is -2.40. The average molecular weight is 869 g/mol. The van der Waals surface area contributed by atoms with Gasteiger partial charge in [0.2, 0.25) is 0 Å². The third-order valence-electron chi connectivity index (χ3n) is 22.7. The van der Waals surface area contributed by atoms with E-state index in [0.717, 1.165) is 133 Å². The standard InChI is InChI=1S/C14H20O.C12H16O.C11H16O.C10H14O.C7H10O.4CH4/c15-14-7-10-6-13(14)12-5-9-3-1-2-8(9)4-11(10)12;13-10-5-8-4-9(10)12-7-2-1-6(3-7)11(8)12;12-11-6-7-5-10(11)9-4-2-1-3-8(7)9;11-10-5-6-4-9(10)8-3-1-2-7(6)8;8-7-4-5-1-2-6(7)3-5;;;;/h8-13H,1-7H2;6-9,11-12H,1-5H2;7-10H,1-6H2;6-9H,1-5H2;5-6H,1-4H2;4*1H4. The van der Waals surface area contributed by atoms with Gasteiger partial charge in [0.15, 0.2) is 0 Å². The first kappa shape index (κ1) is 47.8. The highest BCUT2D eigenvalue weighted by atomic mass is 16.1. The monoisotopic (exact) mass is 869 g/mol. The van der Waals surface area contributed by atoms with Gasteiger partial charge < -0.3 is 0 Å². The predicted octanol–water partition coefficient (Wildman–Crippen LogP) is 13.6. The third-order valence-corrected chi connectivity index (χ3v) is 22.7. The van der Waals surface area contributed by atoms with Crippen molar-refractivity contribution in [1.29, 1.82) is 0 Å². The number of Topliss-reactive ketones (excluding diaryl/α,β-unsaturated/α-hetero) is 5. The van der Waals surface area contributed by atoms with E-state index in [1.807, 2.05) is 0 Å². The molecule has 16 rings (SSSR count). The largest absolute Gasteiger partial charge is 0.299 e. The normalized spacial score (nSPS) is 51.0. The van der Waals surface area contributed by atoms with Gasteiger partial charge in [-0.15, -0.1) is 0 Å². The van der Waals surface area contributed by atoms with Crippen molar-refractivity contribution in [2.75, 3.05) is 0 Å². The van der Waals surface area contributed by atoms with Crippen LogP contribution in [0.2, 0.25) is 0 Å². The molecule has 0 N–H and O–H groups in total. The molecule has 63 heavy (non-hydrogen) atoms. The highest BCUT2D eigenvalue weighted by Crippen LogP contribution is 2.67. The Morgan fingerprint density at radius 3 is 1.29 bits per heavy atom. The number of ketones is 5. The van der Waals surface area contributed by atoms with E-state index in [9.17, 15) is 24.0 Å². The molecule has 16 fully saturated rings. The van der Waals surface area contributed by atoms with Crippen molar-refractivity contribution in [1.82, 2.24) is 0 Å². The zero-order chi connectivity index (χ0) is 39.7. The Morgan fingerprint density at radius 1 is 0.270 bits per heavy atom. The summed E-state index contributed by atoms with van der Waals surface area (Å²) in [4.78, 5) is 57.1. The Bertz CT molecular complexity index is 1710. The number of carbonyl (C=O) groups excluding carboxylic acids is 5. The predicted molar refractivity (Wildman–Crippen MR) is 253 cm³/mol. The van der Waals surface area contributed by atoms with Gasteiger partial charge in [-0.25, -0.2) is 0 Å². The number of hydrogen-bond donors (Lipinski definition) is 0. The lowest BCUT2D eigenvalue weighted by atomic mass is 9.64. The summed E-state index contributed by atoms with van der Waals surface area (Å²) in [7, 11) is 0. The smallest absolute Gasteiger partial charge is 0.136 e. The first-order chi connectivity index (χ1) is 28.8. The molecule has 0 amide bonds. The summed E-state index contributed by atoms with van der Waals surface area (Å²) >= 11 is 0. The first-order valence-electron chi connectivity index (χ1n) is 26.4. The quantitative estimate of drug-likeness (QED) is 0.226. The van der Waals surface area contributed by atoms with Gasteiger partial charge in [0.25, 0.3) is 0 Å². The second kappa shape index (κ2) is 18.8. The van der Waals surface area contributed by atoms with Crippen LogP contribution in [0.25, 0.3) is 0 Å². The van der Waals surface area contributed by atoms with E-state index in [-0.39, 0.29) is 29.7 Å². The van der Waals surface area contributed by atoms with E-state index in [1.54, 1.807) is 0 Å². The van der Waals surface area contributed by atoms with Crippen LogP contribution in [0.15, 0.2) is 0 Å². The van der Waals surface area contributed by atoms with Crippen molar-refractivity contribution in [2.24, 2.45) is 130 Å². The lowest BCUT2D eigenvalue weighted by molar-refractivity contribution is -0.126. The Balaban J connectivity index is 0.000000108. The van der Waals surface area contributed by atoms with Crippen molar-refractivity contribution in [3.8, 4) is 0 Å². The summed E-state index contributed by atoms with van der Waals surface area (Å²) < 4.78 is 0. The molecular weight excluding hydrogens is 777 g/mol. The van der Waals surface area contributed by atoms with Crippen LogP contribution < -0.4 is 0 Å². The molecule has 0 aromatic heterocycles. The van der Waals surface area contributed by atoms with Crippen molar-refractivity contribution in [3.63, 3.8) is 0 Å². The first-order valence-corrected chi connectivity index (χ1v) is 26.4. The second-order valence-electron chi connectivity index (χ2n) is 24.7. The Kier molecular flexibility index (Phi) is 14.3. The van der Waals surface area contributed by atoms with Crippen LogP contribution >= 0.6 is 0 Å². The molecule has 0 heterocycles. The summed E-state index contributed by atoms with van der Waals surface area (Å²) in [6.07, 6.45) is 35.1. The zero-order valence-corrected chi connectivity index (χ0v) is 36.3. The molecule has 12 bridgehead atoms. The molecule has 0 spiro atoms. The number of rotatable bonds is 0. The van der Waals surface area contributed by atoms with E-state index in [1.165, 1.54) is 141 Å². The maximum Gasteiger partial charge on any atom is 0.136 e. The third kappa shape index (κ3) is 8.09. The highest BCUT2D eigenvalue weighted by molar-refractivity contribution is 5.86. The minimum atomic E-state index is 0. The van der Waals surface area contributed by atoms with Gasteiger partial charge in [0.1, 0.15) is 28.9 Å². The molecule has 22 atom stereocenters. The zero-order valence-electron chi connectivity index (χ0n) is 36.3. The molecule has 0 aliphatic heterocycles. The van der Waals surface area contributed by atoms with Crippen LogP contribution in [0, 0.1) is 130 Å². The average Bonchev–Trinajstić information content (AvgIpc) is 4.07. The molecule has 16 aliphatic carbocycles. The Hall–Kier alpha value is -1.65. The highest BCUT2D eigenvalue weighted by Gasteiger charge is 2.62. The van der Waals surface area contributed by atoms with Crippen molar-refractivity contribution < 1.29 is 24.0 Å². The molecule has 16 aliphatic rings. The fourth-order valence-electron chi connectivity index (χ4n) is 20.5.